The third-order valence-electron chi connectivity index (χ3n) is 3.55. The van der Waals surface area contributed by atoms with E-state index < -0.39 is 0 Å². The number of nitrogens with one attached hydrogen (secondary N) is 1. The van der Waals surface area contributed by atoms with E-state index in [1.807, 2.05) is 12.3 Å². The number of hydrogen-bond donors (Lipinski definition) is 1. The van der Waals surface area contributed by atoms with Crippen molar-refractivity contribution in [2.45, 2.75) is 11.3 Å². The van der Waals surface area contributed by atoms with Gasteiger partial charge in [0, 0.05) is 15.5 Å². The second-order valence-electron chi connectivity index (χ2n) is 5.25. The minimum Gasteiger partial charge on any atom is -0.494 e. The number of methoxy groups -OCH3 is 2. The highest BCUT2D eigenvalue weighted by Gasteiger charge is 2.16. The fourth-order valence-corrected chi connectivity index (χ4v) is 3.86. The highest BCUT2D eigenvalue weighted by molar-refractivity contribution is 7.98. The summed E-state index contributed by atoms with van der Waals surface area (Å²) in [5.41, 5.74) is 3.80. The van der Waals surface area contributed by atoms with Crippen LogP contribution in [0.25, 0.3) is 0 Å². The third-order valence-corrected chi connectivity index (χ3v) is 5.25. The maximum atomic E-state index is 12.2. The van der Waals surface area contributed by atoms with Crippen molar-refractivity contribution in [2.75, 3.05) is 20.5 Å². The van der Waals surface area contributed by atoms with Crippen LogP contribution in [0.4, 0.5) is 0 Å². The Hall–Kier alpha value is -1.60. The first-order chi connectivity index (χ1) is 12.9. The number of carbonyl (C=O) groups excluding carboxylic acids is 1. The van der Waals surface area contributed by atoms with Gasteiger partial charge < -0.3 is 9.47 Å². The average molecular weight is 448 g/mol. The molecule has 2 aromatic rings. The van der Waals surface area contributed by atoms with Crippen molar-refractivity contribution in [1.82, 2.24) is 5.43 Å². The molecule has 0 radical (unpaired) electrons. The topological polar surface area (TPSA) is 59.9 Å². The van der Waals surface area contributed by atoms with E-state index in [4.69, 9.17) is 44.3 Å². The molecule has 1 amide bonds. The number of amides is 1. The summed E-state index contributed by atoms with van der Waals surface area (Å²) in [6.07, 6.45) is 3.49. The number of halogens is 3. The van der Waals surface area contributed by atoms with Crippen LogP contribution in [0, 0.1) is 0 Å². The number of benzene rings is 2. The van der Waals surface area contributed by atoms with E-state index in [1.165, 1.54) is 20.4 Å². The van der Waals surface area contributed by atoms with E-state index in [1.54, 1.807) is 30.0 Å². The van der Waals surface area contributed by atoms with Gasteiger partial charge in [-0.1, -0.05) is 34.8 Å². The number of hydrogen-bond acceptors (Lipinski definition) is 5. The molecule has 144 valence electrons. The molecular formula is C18H17Cl3N2O3S. The molecule has 0 saturated heterocycles. The Balaban J connectivity index is 2.14. The highest BCUT2D eigenvalue weighted by Crippen LogP contribution is 2.41. The monoisotopic (exact) mass is 446 g/mol. The van der Waals surface area contributed by atoms with Crippen LogP contribution in [0.2, 0.25) is 15.1 Å². The maximum Gasteiger partial charge on any atom is 0.244 e. The molecule has 0 spiro atoms. The highest BCUT2D eigenvalue weighted by atomic mass is 35.5. The van der Waals surface area contributed by atoms with Crippen molar-refractivity contribution < 1.29 is 14.3 Å². The van der Waals surface area contributed by atoms with E-state index >= 15 is 0 Å². The van der Waals surface area contributed by atoms with Gasteiger partial charge in [-0.15, -0.1) is 11.8 Å². The molecular weight excluding hydrogens is 431 g/mol. The first-order valence-corrected chi connectivity index (χ1v) is 10.0. The quantitative estimate of drug-likeness (QED) is 0.365. The molecule has 0 fully saturated rings. The predicted octanol–water partition coefficient (Wildman–Crippen LogP) is 5.08. The van der Waals surface area contributed by atoms with Gasteiger partial charge in [-0.25, -0.2) is 5.43 Å². The SMILES string of the molecule is COc1c(Cl)cc(/C=N\NC(=O)Cc2cc(Cl)ccc2SC)c(OC)c1Cl. The summed E-state index contributed by atoms with van der Waals surface area (Å²) >= 11 is 19.9. The van der Waals surface area contributed by atoms with Gasteiger partial charge >= 0.3 is 0 Å². The summed E-state index contributed by atoms with van der Waals surface area (Å²) in [4.78, 5) is 13.2. The molecule has 0 unspecified atom stereocenters. The lowest BCUT2D eigenvalue weighted by molar-refractivity contribution is -0.120. The standard InChI is InChI=1S/C18H17Cl3N2O3S/c1-25-17-11(7-13(20)18(26-2)16(17)21)9-22-23-15(24)8-10-6-12(19)4-5-14(10)27-3/h4-7,9H,8H2,1-3H3,(H,23,24)/b22-9-. The van der Waals surface area contributed by atoms with Crippen molar-refractivity contribution >= 4 is 58.7 Å². The van der Waals surface area contributed by atoms with Crippen LogP contribution in [0.1, 0.15) is 11.1 Å². The van der Waals surface area contributed by atoms with Crippen molar-refractivity contribution in [1.29, 1.82) is 0 Å². The number of carbonyl (C=O) groups is 1. The molecule has 0 aliphatic carbocycles. The van der Waals surface area contributed by atoms with E-state index in [2.05, 4.69) is 10.5 Å². The lowest BCUT2D eigenvalue weighted by Crippen LogP contribution is -2.20. The van der Waals surface area contributed by atoms with E-state index in [9.17, 15) is 4.79 Å². The van der Waals surface area contributed by atoms with Gasteiger partial charge in [0.05, 0.1) is 31.9 Å². The number of hydrazone groups is 1. The minimum absolute atomic E-state index is 0.148. The number of ether oxygens (including phenoxy) is 2. The van der Waals surface area contributed by atoms with Crippen LogP contribution in [-0.4, -0.2) is 32.6 Å². The van der Waals surface area contributed by atoms with Crippen LogP contribution in [0.3, 0.4) is 0 Å². The molecule has 2 aromatic carbocycles. The van der Waals surface area contributed by atoms with Gasteiger partial charge in [0.15, 0.2) is 5.75 Å². The zero-order chi connectivity index (χ0) is 20.0. The Kier molecular flexibility index (Phi) is 8.10. The molecule has 0 heterocycles. The Labute approximate surface area is 177 Å². The molecule has 0 atom stereocenters. The Morgan fingerprint density at radius 1 is 1.19 bits per heavy atom. The first kappa shape index (κ1) is 21.7. The zero-order valence-electron chi connectivity index (χ0n) is 14.8. The van der Waals surface area contributed by atoms with Crippen LogP contribution in [0.5, 0.6) is 11.5 Å². The molecule has 0 bridgehead atoms. The smallest absolute Gasteiger partial charge is 0.244 e. The molecule has 1 N–H and O–H groups in total. The van der Waals surface area contributed by atoms with Gasteiger partial charge in [-0.2, -0.15) is 5.10 Å². The van der Waals surface area contributed by atoms with Gasteiger partial charge in [0.25, 0.3) is 0 Å². The Morgan fingerprint density at radius 3 is 2.52 bits per heavy atom. The van der Waals surface area contributed by atoms with Crippen LogP contribution < -0.4 is 14.9 Å². The maximum absolute atomic E-state index is 12.2. The van der Waals surface area contributed by atoms with Gasteiger partial charge in [0.1, 0.15) is 10.8 Å². The van der Waals surface area contributed by atoms with Crippen LogP contribution >= 0.6 is 46.6 Å². The predicted molar refractivity (Wildman–Crippen MR) is 112 cm³/mol. The van der Waals surface area contributed by atoms with Crippen molar-refractivity contribution in [3.63, 3.8) is 0 Å². The molecule has 0 saturated carbocycles. The zero-order valence-corrected chi connectivity index (χ0v) is 17.9. The molecule has 0 aromatic heterocycles. The summed E-state index contributed by atoms with van der Waals surface area (Å²) in [5, 5.41) is 5.07. The van der Waals surface area contributed by atoms with Crippen LogP contribution in [0.15, 0.2) is 34.3 Å². The average Bonchev–Trinajstić information content (AvgIpc) is 2.62. The summed E-state index contributed by atoms with van der Waals surface area (Å²) in [6.45, 7) is 0. The molecule has 9 heteroatoms. The van der Waals surface area contributed by atoms with Gasteiger partial charge in [-0.3, -0.25) is 4.79 Å². The molecule has 0 aliphatic rings. The number of rotatable bonds is 7. The number of thioether (sulfide) groups is 1. The molecule has 2 rings (SSSR count). The van der Waals surface area contributed by atoms with Gasteiger partial charge in [0.2, 0.25) is 5.91 Å². The van der Waals surface area contributed by atoms with Crippen LogP contribution in [-0.2, 0) is 11.2 Å². The third kappa shape index (κ3) is 5.45. The minimum atomic E-state index is -0.284. The second kappa shape index (κ2) is 10.1. The summed E-state index contributed by atoms with van der Waals surface area (Å²) < 4.78 is 10.4. The lowest BCUT2D eigenvalue weighted by atomic mass is 10.1. The van der Waals surface area contributed by atoms with E-state index in [0.717, 1.165) is 10.5 Å². The van der Waals surface area contributed by atoms with E-state index in [0.29, 0.717) is 27.1 Å². The fraction of sp³-hybridized carbons (Fsp3) is 0.222. The lowest BCUT2D eigenvalue weighted by Gasteiger charge is -2.12. The first-order valence-electron chi connectivity index (χ1n) is 7.65. The van der Waals surface area contributed by atoms with Gasteiger partial charge in [-0.05, 0) is 36.1 Å². The fourth-order valence-electron chi connectivity index (χ4n) is 2.36. The van der Waals surface area contributed by atoms with Crippen molar-refractivity contribution in [3.8, 4) is 11.5 Å². The van der Waals surface area contributed by atoms with Crippen molar-refractivity contribution in [3.05, 3.63) is 50.5 Å². The molecule has 27 heavy (non-hydrogen) atoms. The normalized spacial score (nSPS) is 10.9. The second-order valence-corrected chi connectivity index (χ2v) is 7.32. The van der Waals surface area contributed by atoms with Crippen molar-refractivity contribution in [2.24, 2.45) is 5.10 Å². The largest absolute Gasteiger partial charge is 0.494 e. The summed E-state index contributed by atoms with van der Waals surface area (Å²) in [6, 6.07) is 7.02. The van der Waals surface area contributed by atoms with E-state index in [-0.39, 0.29) is 17.4 Å². The molecule has 0 aliphatic heterocycles. The Morgan fingerprint density at radius 2 is 1.89 bits per heavy atom. The number of nitrogens with zero attached hydrogens (tertiary/aromatic N) is 1. The molecule has 5 nitrogen and oxygen atoms in total. The summed E-state index contributed by atoms with van der Waals surface area (Å²) in [5.74, 6) is 0.367. The summed E-state index contributed by atoms with van der Waals surface area (Å²) in [7, 11) is 2.92. The Bertz CT molecular complexity index is 875.